The minimum absolute atomic E-state index is 0.120. The lowest BCUT2D eigenvalue weighted by molar-refractivity contribution is 0.0400. The molecule has 1 aromatic carbocycles. The lowest BCUT2D eigenvalue weighted by Crippen LogP contribution is -2.42. The van der Waals surface area contributed by atoms with Crippen LogP contribution in [-0.4, -0.2) is 23.4 Å². The first-order valence-corrected chi connectivity index (χ1v) is 6.24. The number of rotatable bonds is 2. The molecule has 1 aromatic heterocycles. The fraction of sp³-hybridized carbons (Fsp3) is 0.385. The van der Waals surface area contributed by atoms with Crippen molar-refractivity contribution < 1.29 is 18.0 Å². The highest BCUT2D eigenvalue weighted by molar-refractivity contribution is 5.54. The van der Waals surface area contributed by atoms with Crippen LogP contribution in [-0.2, 0) is 10.3 Å². The third kappa shape index (κ3) is 2.41. The summed E-state index contributed by atoms with van der Waals surface area (Å²) in [6.45, 7) is 1.03. The number of aromatic nitrogens is 2. The number of ether oxygens (including phenoxy) is 1. The van der Waals surface area contributed by atoms with Crippen molar-refractivity contribution in [1.82, 2.24) is 10.1 Å². The van der Waals surface area contributed by atoms with Crippen molar-refractivity contribution in [2.24, 2.45) is 5.73 Å². The fourth-order valence-corrected chi connectivity index (χ4v) is 2.18. The molecule has 106 valence electrons. The van der Waals surface area contributed by atoms with Crippen molar-refractivity contribution >= 4 is 0 Å². The molecule has 0 saturated carbocycles. The Morgan fingerprint density at radius 2 is 1.75 bits per heavy atom. The Labute approximate surface area is 113 Å². The molecule has 0 radical (unpaired) electrons. The van der Waals surface area contributed by atoms with E-state index < -0.39 is 17.2 Å². The number of nitrogens with zero attached hydrogens (tertiary/aromatic N) is 2. The topological polar surface area (TPSA) is 74.2 Å². The van der Waals surface area contributed by atoms with Crippen LogP contribution >= 0.6 is 0 Å². The maximum Gasteiger partial charge on any atom is 0.247 e. The van der Waals surface area contributed by atoms with Crippen molar-refractivity contribution in [2.75, 3.05) is 13.2 Å². The van der Waals surface area contributed by atoms with Gasteiger partial charge in [-0.1, -0.05) is 5.16 Å². The van der Waals surface area contributed by atoms with Gasteiger partial charge in [-0.3, -0.25) is 0 Å². The van der Waals surface area contributed by atoms with E-state index in [0.717, 1.165) is 18.2 Å². The van der Waals surface area contributed by atoms with E-state index >= 15 is 0 Å². The molecule has 2 aromatic rings. The zero-order valence-corrected chi connectivity index (χ0v) is 10.6. The second-order valence-corrected chi connectivity index (χ2v) is 4.85. The highest BCUT2D eigenvalue weighted by atomic mass is 19.1. The first-order valence-electron chi connectivity index (χ1n) is 6.24. The van der Waals surface area contributed by atoms with Gasteiger partial charge in [0.05, 0.1) is 0 Å². The van der Waals surface area contributed by atoms with E-state index in [9.17, 15) is 8.78 Å². The number of nitrogens with two attached hydrogens (primary N) is 1. The van der Waals surface area contributed by atoms with Crippen molar-refractivity contribution in [1.29, 1.82) is 0 Å². The second-order valence-electron chi connectivity index (χ2n) is 4.85. The van der Waals surface area contributed by atoms with Crippen molar-refractivity contribution in [3.8, 4) is 11.4 Å². The highest BCUT2D eigenvalue weighted by Crippen LogP contribution is 2.29. The summed E-state index contributed by atoms with van der Waals surface area (Å²) in [5.41, 5.74) is 5.68. The molecular weight excluding hydrogens is 268 g/mol. The van der Waals surface area contributed by atoms with Gasteiger partial charge in [0, 0.05) is 24.8 Å². The number of halogens is 2. The summed E-state index contributed by atoms with van der Waals surface area (Å²) in [5, 5.41) is 3.75. The molecule has 0 amide bonds. The third-order valence-corrected chi connectivity index (χ3v) is 3.36. The van der Waals surface area contributed by atoms with Gasteiger partial charge in [0.25, 0.3) is 0 Å². The third-order valence-electron chi connectivity index (χ3n) is 3.36. The summed E-state index contributed by atoms with van der Waals surface area (Å²) in [6.07, 6.45) is 1.12. The molecular formula is C13H13F2N3O2. The Bertz CT molecular complexity index is 604. The molecule has 3 rings (SSSR count). The lowest BCUT2D eigenvalue weighted by atomic mass is 9.91. The SMILES string of the molecule is NC1(c2nc(-c3cc(F)cc(F)c3)no2)CCOCC1. The van der Waals surface area contributed by atoms with Crippen LogP contribution in [0, 0.1) is 11.6 Å². The largest absolute Gasteiger partial charge is 0.381 e. The first kappa shape index (κ1) is 13.1. The van der Waals surface area contributed by atoms with Gasteiger partial charge in [0.2, 0.25) is 11.7 Å². The summed E-state index contributed by atoms with van der Waals surface area (Å²) < 4.78 is 36.8. The molecule has 1 aliphatic heterocycles. The average molecular weight is 281 g/mol. The van der Waals surface area contributed by atoms with E-state index in [-0.39, 0.29) is 17.3 Å². The van der Waals surface area contributed by atoms with E-state index in [0.29, 0.717) is 26.1 Å². The summed E-state index contributed by atoms with van der Waals surface area (Å²) in [6, 6.07) is 3.07. The molecule has 20 heavy (non-hydrogen) atoms. The Morgan fingerprint density at radius 3 is 2.40 bits per heavy atom. The average Bonchev–Trinajstić information content (AvgIpc) is 2.89. The van der Waals surface area contributed by atoms with E-state index in [4.69, 9.17) is 15.0 Å². The summed E-state index contributed by atoms with van der Waals surface area (Å²) >= 11 is 0. The van der Waals surface area contributed by atoms with Crippen LogP contribution in [0.3, 0.4) is 0 Å². The zero-order chi connectivity index (χ0) is 14.2. The van der Waals surface area contributed by atoms with E-state index in [2.05, 4.69) is 10.1 Å². The lowest BCUT2D eigenvalue weighted by Gasteiger charge is -2.29. The Kier molecular flexibility index (Phi) is 3.23. The number of benzene rings is 1. The summed E-state index contributed by atoms with van der Waals surface area (Å²) in [7, 11) is 0. The maximum atomic E-state index is 13.2. The van der Waals surface area contributed by atoms with Crippen LogP contribution in [0.1, 0.15) is 18.7 Å². The molecule has 7 heteroatoms. The van der Waals surface area contributed by atoms with Gasteiger partial charge in [-0.05, 0) is 25.0 Å². The standard InChI is InChI=1S/C13H13F2N3O2/c14-9-5-8(6-10(15)7-9)11-17-12(20-18-11)13(16)1-3-19-4-2-13/h5-7H,1-4,16H2. The predicted octanol–water partition coefficient (Wildman–Crippen LogP) is 1.98. The van der Waals surface area contributed by atoms with Gasteiger partial charge in [0.15, 0.2) is 0 Å². The van der Waals surface area contributed by atoms with Gasteiger partial charge in [0.1, 0.15) is 17.2 Å². The molecule has 1 saturated heterocycles. The maximum absolute atomic E-state index is 13.2. The zero-order valence-electron chi connectivity index (χ0n) is 10.6. The normalized spacial score (nSPS) is 18.1. The molecule has 0 atom stereocenters. The van der Waals surface area contributed by atoms with Gasteiger partial charge in [-0.15, -0.1) is 0 Å². The minimum atomic E-state index is -0.741. The predicted molar refractivity (Wildman–Crippen MR) is 65.6 cm³/mol. The monoisotopic (exact) mass is 281 g/mol. The Morgan fingerprint density at radius 1 is 1.10 bits per heavy atom. The first-order chi connectivity index (χ1) is 9.57. The molecule has 5 nitrogen and oxygen atoms in total. The van der Waals surface area contributed by atoms with Crippen LogP contribution in [0.15, 0.2) is 22.7 Å². The highest BCUT2D eigenvalue weighted by Gasteiger charge is 2.35. The van der Waals surface area contributed by atoms with Gasteiger partial charge < -0.3 is 15.0 Å². The molecule has 1 fully saturated rings. The molecule has 0 aliphatic carbocycles. The molecule has 0 bridgehead atoms. The van der Waals surface area contributed by atoms with Crippen LogP contribution in [0.2, 0.25) is 0 Å². The van der Waals surface area contributed by atoms with Crippen molar-refractivity contribution in [3.63, 3.8) is 0 Å². The molecule has 0 unspecified atom stereocenters. The quantitative estimate of drug-likeness (QED) is 0.911. The smallest absolute Gasteiger partial charge is 0.247 e. The van der Waals surface area contributed by atoms with Crippen LogP contribution < -0.4 is 5.73 Å². The Hall–Kier alpha value is -1.86. The van der Waals surface area contributed by atoms with Crippen molar-refractivity contribution in [2.45, 2.75) is 18.4 Å². The molecule has 1 aliphatic rings. The molecule has 2 heterocycles. The molecule has 0 spiro atoms. The molecule has 2 N–H and O–H groups in total. The summed E-state index contributed by atoms with van der Waals surface area (Å²) in [5.74, 6) is -1.00. The van der Waals surface area contributed by atoms with E-state index in [1.165, 1.54) is 0 Å². The van der Waals surface area contributed by atoms with Crippen LogP contribution in [0.25, 0.3) is 11.4 Å². The van der Waals surface area contributed by atoms with Gasteiger partial charge >= 0.3 is 0 Å². The number of hydrogen-bond donors (Lipinski definition) is 1. The van der Waals surface area contributed by atoms with Crippen LogP contribution in [0.5, 0.6) is 0 Å². The van der Waals surface area contributed by atoms with Crippen LogP contribution in [0.4, 0.5) is 8.78 Å². The summed E-state index contributed by atoms with van der Waals surface area (Å²) in [4.78, 5) is 4.17. The van der Waals surface area contributed by atoms with Crippen molar-refractivity contribution in [3.05, 3.63) is 35.7 Å². The van der Waals surface area contributed by atoms with Gasteiger partial charge in [-0.25, -0.2) is 8.78 Å². The number of hydrogen-bond acceptors (Lipinski definition) is 5. The second kappa shape index (κ2) is 4.92. The van der Waals surface area contributed by atoms with E-state index in [1.54, 1.807) is 0 Å². The van der Waals surface area contributed by atoms with Gasteiger partial charge in [-0.2, -0.15) is 4.98 Å². The minimum Gasteiger partial charge on any atom is -0.381 e. The fourth-order valence-electron chi connectivity index (χ4n) is 2.18. The van der Waals surface area contributed by atoms with E-state index in [1.807, 2.05) is 0 Å². The Balaban J connectivity index is 1.93.